The number of aromatic amines is 1. The maximum atomic E-state index is 13.4. The number of aromatic nitrogens is 2. The van der Waals surface area contributed by atoms with Crippen LogP contribution in [-0.2, 0) is 28.9 Å². The Morgan fingerprint density at radius 3 is 1.83 bits per heavy atom. The maximum Gasteiger partial charge on any atom is 0.330 e. The number of hydrogen-bond acceptors (Lipinski definition) is 10. The summed E-state index contributed by atoms with van der Waals surface area (Å²) in [6.45, 7) is 3.29. The number of benzene rings is 5. The van der Waals surface area contributed by atoms with Crippen LogP contribution in [0.5, 0.6) is 11.5 Å². The first-order chi connectivity index (χ1) is 31.2. The van der Waals surface area contributed by atoms with Gasteiger partial charge in [-0.2, -0.15) is 0 Å². The van der Waals surface area contributed by atoms with Gasteiger partial charge in [-0.15, -0.1) is 0 Å². The zero-order chi connectivity index (χ0) is 44.3. The Morgan fingerprint density at radius 2 is 1.28 bits per heavy atom. The molecular weight excluding hydrogens is 846 g/mol. The van der Waals surface area contributed by atoms with Crippen molar-refractivity contribution in [3.05, 3.63) is 189 Å². The minimum atomic E-state index is -2.29. The van der Waals surface area contributed by atoms with Crippen LogP contribution in [0.2, 0.25) is 12.6 Å². The number of nitrogens with zero attached hydrogens (tertiary/aromatic N) is 2. The molecule has 7 atom stereocenters. The molecule has 3 saturated heterocycles. The van der Waals surface area contributed by atoms with E-state index in [4.69, 9.17) is 32.7 Å². The zero-order valence-corrected chi connectivity index (χ0v) is 38.3. The van der Waals surface area contributed by atoms with Gasteiger partial charge >= 0.3 is 5.69 Å². The van der Waals surface area contributed by atoms with Gasteiger partial charge in [0.15, 0.2) is 6.23 Å². The van der Waals surface area contributed by atoms with E-state index >= 15 is 0 Å². The van der Waals surface area contributed by atoms with Gasteiger partial charge in [-0.3, -0.25) is 14.3 Å². The minimum Gasteiger partial charge on any atom is -0.497 e. The van der Waals surface area contributed by atoms with Crippen molar-refractivity contribution in [1.29, 1.82) is 0 Å². The molecule has 1 aromatic heterocycles. The number of methoxy groups -OCH3 is 3. The molecule has 0 spiro atoms. The number of hydrogen-bond donors (Lipinski definition) is 1. The average molecular weight is 900 g/mol. The summed E-state index contributed by atoms with van der Waals surface area (Å²) < 4.78 is 49.8. The molecule has 12 nitrogen and oxygen atoms in total. The second kappa shape index (κ2) is 19.1. The summed E-state index contributed by atoms with van der Waals surface area (Å²) in [6, 6.07) is 49.8. The summed E-state index contributed by atoms with van der Waals surface area (Å²) in [7, 11) is 0.975. The highest BCUT2D eigenvalue weighted by atomic mass is 31.2. The smallest absolute Gasteiger partial charge is 0.330 e. The monoisotopic (exact) mass is 899 g/mol. The molecule has 0 bridgehead atoms. The molecule has 14 heteroatoms. The lowest BCUT2D eigenvalue weighted by molar-refractivity contribution is -0.0955. The maximum absolute atomic E-state index is 13.4. The zero-order valence-electron chi connectivity index (χ0n) is 36.4. The molecule has 1 N–H and O–H groups in total. The molecule has 0 saturated carbocycles. The fourth-order valence-electron chi connectivity index (χ4n) is 9.74. The quantitative estimate of drug-likeness (QED) is 0.0628. The fourth-order valence-corrected chi connectivity index (χ4v) is 15.7. The predicted octanol–water partition coefficient (Wildman–Crippen LogP) is 6.84. The van der Waals surface area contributed by atoms with E-state index in [9.17, 15) is 9.59 Å². The number of H-pyrrole nitrogens is 1. The third-order valence-corrected chi connectivity index (χ3v) is 19.3. The normalized spacial score (nSPS) is 23.5. The first-order valence-electron chi connectivity index (χ1n) is 21.8. The Morgan fingerprint density at radius 1 is 0.719 bits per heavy atom. The van der Waals surface area contributed by atoms with Crippen LogP contribution in [0.4, 0.5) is 0 Å². The Labute approximate surface area is 375 Å². The lowest BCUT2D eigenvalue weighted by Gasteiger charge is -2.37. The van der Waals surface area contributed by atoms with Crippen molar-refractivity contribution < 1.29 is 32.7 Å². The van der Waals surface area contributed by atoms with Gasteiger partial charge in [0.05, 0.1) is 26.9 Å². The molecule has 9 rings (SSSR count). The molecule has 5 aromatic carbocycles. The third-order valence-electron chi connectivity index (χ3n) is 13.1. The highest BCUT2D eigenvalue weighted by Crippen LogP contribution is 2.59. The first-order valence-corrected chi connectivity index (χ1v) is 25.6. The van der Waals surface area contributed by atoms with E-state index in [1.54, 1.807) is 21.3 Å². The molecule has 332 valence electrons. The standard InChI is InChI=1S/C50H54N3O9PSi/c1-56-38-26-22-36(23-27-38)50(35-15-8-5-9-16-35,37-24-28-39(57-2)29-25-37)59-33-43-46(47(58-3)48(60-43)52-32-30-45(54)51-49(52)55)62-63-53-31-14-21-42(53)44(61-63)34-64(4,40-17-10-6-11-18-40)41-19-12-7-13-20-41/h5-13,15-20,22-30,32,42-44,46-48H,14,21,31,33-34H2,1-4H3,(H,51,54,55)/t42-,43-,44+,46?,47+,48-,63-/m1/s1. The second-order valence-electron chi connectivity index (χ2n) is 16.7. The molecule has 0 radical (unpaired) electrons. The molecular formula is C50H54N3O9PSi. The van der Waals surface area contributed by atoms with E-state index in [1.165, 1.54) is 27.2 Å². The van der Waals surface area contributed by atoms with Gasteiger partial charge in [-0.05, 0) is 59.8 Å². The molecule has 0 aliphatic carbocycles. The van der Waals surface area contributed by atoms with Gasteiger partial charge in [0.1, 0.15) is 43.5 Å². The summed E-state index contributed by atoms with van der Waals surface area (Å²) in [5.74, 6) is 1.41. The Hall–Kier alpha value is -5.21. The van der Waals surface area contributed by atoms with Gasteiger partial charge < -0.3 is 32.7 Å². The van der Waals surface area contributed by atoms with Crippen molar-refractivity contribution in [1.82, 2.24) is 14.2 Å². The molecule has 4 heterocycles. The third kappa shape index (κ3) is 8.43. The molecule has 6 aromatic rings. The van der Waals surface area contributed by atoms with E-state index in [0.29, 0.717) is 11.5 Å². The Kier molecular flexibility index (Phi) is 13.1. The molecule has 1 unspecified atom stereocenters. The van der Waals surface area contributed by atoms with Crippen molar-refractivity contribution >= 4 is 27.0 Å². The SMILES string of the molecule is COc1ccc(C(OC[C@H]2O[C@@H](n3ccc(=O)[nH]c3=O)[C@@H](OC)C2O[P@@]2O[C@@H](C[Si](C)(c3ccccc3)c3ccccc3)[C@H]3CCCN32)(c2ccccc2)c2ccc(OC)cc2)cc1. The van der Waals surface area contributed by atoms with E-state index in [0.717, 1.165) is 42.1 Å². The topological polar surface area (TPSA) is 123 Å². The van der Waals surface area contributed by atoms with E-state index in [-0.39, 0.29) is 18.8 Å². The minimum absolute atomic E-state index is 0.00904. The lowest BCUT2D eigenvalue weighted by Crippen LogP contribution is -2.58. The summed E-state index contributed by atoms with van der Waals surface area (Å²) in [6.07, 6.45) is 0.115. The molecule has 3 fully saturated rings. The molecule has 0 amide bonds. The highest BCUT2D eigenvalue weighted by Gasteiger charge is 2.55. The highest BCUT2D eigenvalue weighted by molar-refractivity contribution is 7.45. The summed E-state index contributed by atoms with van der Waals surface area (Å²) >= 11 is 0. The van der Waals surface area contributed by atoms with Crippen LogP contribution < -0.4 is 31.1 Å². The van der Waals surface area contributed by atoms with Crippen molar-refractivity contribution in [3.8, 4) is 11.5 Å². The van der Waals surface area contributed by atoms with Gasteiger partial charge in [-0.25, -0.2) is 9.46 Å². The molecule has 3 aliphatic heterocycles. The Balaban J connectivity index is 1.09. The Bertz CT molecular complexity index is 2500. The fraction of sp³-hybridized carbons (Fsp3) is 0.320. The largest absolute Gasteiger partial charge is 0.497 e. The number of fused-ring (bicyclic) bond motifs is 1. The van der Waals surface area contributed by atoms with Crippen molar-refractivity contribution in [3.63, 3.8) is 0 Å². The lowest BCUT2D eigenvalue weighted by atomic mass is 9.80. The van der Waals surface area contributed by atoms with Crippen LogP contribution in [0, 0.1) is 0 Å². The predicted molar refractivity (Wildman–Crippen MR) is 249 cm³/mol. The molecule has 64 heavy (non-hydrogen) atoms. The van der Waals surface area contributed by atoms with Gasteiger partial charge in [-0.1, -0.05) is 132 Å². The van der Waals surface area contributed by atoms with Crippen LogP contribution in [0.15, 0.2) is 161 Å². The van der Waals surface area contributed by atoms with Crippen LogP contribution in [0.25, 0.3) is 0 Å². The van der Waals surface area contributed by atoms with E-state index < -0.39 is 58.0 Å². The number of nitrogens with one attached hydrogen (secondary N) is 1. The number of ether oxygens (including phenoxy) is 5. The van der Waals surface area contributed by atoms with Crippen LogP contribution in [0.3, 0.4) is 0 Å². The van der Waals surface area contributed by atoms with E-state index in [2.05, 4.69) is 76.9 Å². The summed E-state index contributed by atoms with van der Waals surface area (Å²) in [5.41, 5.74) is 0.298. The van der Waals surface area contributed by atoms with Crippen molar-refractivity contribution in [2.75, 3.05) is 34.5 Å². The van der Waals surface area contributed by atoms with Crippen molar-refractivity contribution in [2.24, 2.45) is 0 Å². The van der Waals surface area contributed by atoms with Crippen LogP contribution in [0.1, 0.15) is 35.8 Å². The second-order valence-corrected chi connectivity index (χ2v) is 22.3. The summed E-state index contributed by atoms with van der Waals surface area (Å²) in [4.78, 5) is 28.1. The average Bonchev–Trinajstić information content (AvgIpc) is 4.05. The van der Waals surface area contributed by atoms with E-state index in [1.807, 2.05) is 78.9 Å². The van der Waals surface area contributed by atoms with Crippen LogP contribution >= 0.6 is 8.53 Å². The molecule has 3 aliphatic rings. The number of rotatable bonds is 16. The van der Waals surface area contributed by atoms with Crippen molar-refractivity contribution in [2.45, 2.75) is 67.7 Å². The first kappa shape index (κ1) is 44.0. The van der Waals surface area contributed by atoms with Gasteiger partial charge in [0.2, 0.25) is 0 Å². The van der Waals surface area contributed by atoms with Crippen LogP contribution in [-0.4, -0.2) is 87.2 Å². The summed E-state index contributed by atoms with van der Waals surface area (Å²) in [5, 5.41) is 2.72. The van der Waals surface area contributed by atoms with Gasteiger partial charge in [0.25, 0.3) is 14.1 Å². The van der Waals surface area contributed by atoms with Gasteiger partial charge in [0, 0.05) is 32.0 Å².